The Hall–Kier alpha value is -2.83. The summed E-state index contributed by atoms with van der Waals surface area (Å²) >= 11 is 0. The molecule has 0 aliphatic rings. The summed E-state index contributed by atoms with van der Waals surface area (Å²) in [6.07, 6.45) is 4.91. The molecule has 0 radical (unpaired) electrons. The predicted molar refractivity (Wildman–Crippen MR) is 70.3 cm³/mol. The van der Waals surface area contributed by atoms with E-state index in [1.807, 2.05) is 25.4 Å². The summed E-state index contributed by atoms with van der Waals surface area (Å²) in [6.45, 7) is 0. The van der Waals surface area contributed by atoms with Gasteiger partial charge in [-0.15, -0.1) is 0 Å². The van der Waals surface area contributed by atoms with Crippen LogP contribution in [-0.2, 0) is 7.05 Å². The molecule has 0 aromatic carbocycles. The Bertz CT molecular complexity index is 785. The highest BCUT2D eigenvalue weighted by Crippen LogP contribution is 2.25. The van der Waals surface area contributed by atoms with Crippen molar-refractivity contribution in [2.45, 2.75) is 0 Å². The molecule has 0 atom stereocenters. The van der Waals surface area contributed by atoms with Gasteiger partial charge in [0.2, 0.25) is 0 Å². The number of fused-ring (bicyclic) bond motifs is 1. The van der Waals surface area contributed by atoms with E-state index in [1.165, 1.54) is 6.20 Å². The highest BCUT2D eigenvalue weighted by Gasteiger charge is 2.13. The second-order valence-electron chi connectivity index (χ2n) is 4.23. The zero-order valence-corrected chi connectivity index (χ0v) is 10.2. The van der Waals surface area contributed by atoms with Crippen molar-refractivity contribution in [1.29, 1.82) is 0 Å². The minimum atomic E-state index is -0.587. The van der Waals surface area contributed by atoms with Crippen molar-refractivity contribution in [2.75, 3.05) is 5.73 Å². The number of aryl methyl sites for hydroxylation is 1. The molecule has 0 saturated heterocycles. The standard InChI is InChI=1S/C12H12N6O/c1-17-9(2-3-15-17)7-4-10-11(13)8(12(14)19)5-16-18(10)6-7/h2-6H,13H2,1H3,(H2,14,19). The molecule has 3 aromatic heterocycles. The number of rotatable bonds is 2. The Labute approximate surface area is 108 Å². The molecule has 0 aliphatic carbocycles. The van der Waals surface area contributed by atoms with Gasteiger partial charge in [-0.3, -0.25) is 9.48 Å². The first-order valence-electron chi connectivity index (χ1n) is 5.63. The molecular formula is C12H12N6O. The van der Waals surface area contributed by atoms with E-state index in [-0.39, 0.29) is 5.56 Å². The van der Waals surface area contributed by atoms with Crippen LogP contribution in [0.1, 0.15) is 10.4 Å². The molecule has 0 saturated carbocycles. The zero-order chi connectivity index (χ0) is 13.6. The predicted octanol–water partition coefficient (Wildman–Crippen LogP) is 0.416. The molecule has 0 aliphatic heterocycles. The van der Waals surface area contributed by atoms with Gasteiger partial charge < -0.3 is 11.5 Å². The van der Waals surface area contributed by atoms with Crippen LogP contribution in [0.15, 0.2) is 30.7 Å². The Morgan fingerprint density at radius 2 is 2.16 bits per heavy atom. The van der Waals surface area contributed by atoms with Crippen LogP contribution in [0, 0.1) is 0 Å². The van der Waals surface area contributed by atoms with E-state index in [4.69, 9.17) is 11.5 Å². The second-order valence-corrected chi connectivity index (χ2v) is 4.23. The minimum Gasteiger partial charge on any atom is -0.396 e. The van der Waals surface area contributed by atoms with Gasteiger partial charge in [-0.25, -0.2) is 4.52 Å². The van der Waals surface area contributed by atoms with E-state index in [1.54, 1.807) is 15.4 Å². The highest BCUT2D eigenvalue weighted by molar-refractivity contribution is 6.01. The number of nitrogens with zero attached hydrogens (tertiary/aromatic N) is 4. The van der Waals surface area contributed by atoms with Crippen LogP contribution in [-0.4, -0.2) is 25.3 Å². The maximum atomic E-state index is 11.2. The smallest absolute Gasteiger partial charge is 0.252 e. The first kappa shape index (κ1) is 11.3. The monoisotopic (exact) mass is 256 g/mol. The van der Waals surface area contributed by atoms with Crippen LogP contribution in [0.2, 0.25) is 0 Å². The van der Waals surface area contributed by atoms with Gasteiger partial charge in [0.15, 0.2) is 0 Å². The van der Waals surface area contributed by atoms with E-state index in [0.29, 0.717) is 11.2 Å². The van der Waals surface area contributed by atoms with Crippen molar-refractivity contribution < 1.29 is 4.79 Å². The summed E-state index contributed by atoms with van der Waals surface area (Å²) in [5, 5.41) is 8.24. The van der Waals surface area contributed by atoms with Gasteiger partial charge in [0.25, 0.3) is 5.91 Å². The molecule has 7 nitrogen and oxygen atoms in total. The third-order valence-electron chi connectivity index (χ3n) is 3.06. The number of aromatic nitrogens is 4. The van der Waals surface area contributed by atoms with Crippen molar-refractivity contribution in [3.8, 4) is 11.3 Å². The first-order chi connectivity index (χ1) is 9.08. The number of nitrogens with two attached hydrogens (primary N) is 2. The zero-order valence-electron chi connectivity index (χ0n) is 10.2. The van der Waals surface area contributed by atoms with Crippen molar-refractivity contribution in [3.63, 3.8) is 0 Å². The Kier molecular flexibility index (Phi) is 2.28. The Balaban J connectivity index is 2.24. The van der Waals surface area contributed by atoms with E-state index in [9.17, 15) is 4.79 Å². The molecule has 7 heteroatoms. The van der Waals surface area contributed by atoms with Crippen molar-refractivity contribution in [3.05, 3.63) is 36.3 Å². The van der Waals surface area contributed by atoms with E-state index < -0.39 is 5.91 Å². The summed E-state index contributed by atoms with van der Waals surface area (Å²) in [4.78, 5) is 11.2. The number of nitrogen functional groups attached to an aromatic ring is 1. The maximum absolute atomic E-state index is 11.2. The van der Waals surface area contributed by atoms with Gasteiger partial charge in [-0.2, -0.15) is 10.2 Å². The lowest BCUT2D eigenvalue weighted by Crippen LogP contribution is -2.15. The molecule has 3 heterocycles. The summed E-state index contributed by atoms with van der Waals surface area (Å²) in [5.74, 6) is -0.587. The number of hydrogen-bond donors (Lipinski definition) is 2. The number of anilines is 1. The van der Waals surface area contributed by atoms with Crippen molar-refractivity contribution in [2.24, 2.45) is 12.8 Å². The lowest BCUT2D eigenvalue weighted by molar-refractivity contribution is 0.100. The molecule has 1 amide bonds. The molecule has 0 unspecified atom stereocenters. The lowest BCUT2D eigenvalue weighted by Gasteiger charge is -2.02. The fourth-order valence-electron chi connectivity index (χ4n) is 2.07. The Morgan fingerprint density at radius 1 is 1.37 bits per heavy atom. The number of hydrogen-bond acceptors (Lipinski definition) is 4. The fraction of sp³-hybridized carbons (Fsp3) is 0.0833. The molecule has 4 N–H and O–H groups in total. The molecule has 3 rings (SSSR count). The third kappa shape index (κ3) is 1.63. The third-order valence-corrected chi connectivity index (χ3v) is 3.06. The highest BCUT2D eigenvalue weighted by atomic mass is 16.1. The van der Waals surface area contributed by atoms with Gasteiger partial charge in [0.05, 0.1) is 28.7 Å². The van der Waals surface area contributed by atoms with Gasteiger partial charge >= 0.3 is 0 Å². The van der Waals surface area contributed by atoms with Gasteiger partial charge in [-0.05, 0) is 12.1 Å². The van der Waals surface area contributed by atoms with Crippen LogP contribution < -0.4 is 11.5 Å². The second kappa shape index (κ2) is 3.84. The van der Waals surface area contributed by atoms with E-state index >= 15 is 0 Å². The summed E-state index contributed by atoms with van der Waals surface area (Å²) < 4.78 is 3.37. The topological polar surface area (TPSA) is 104 Å². The molecule has 0 fully saturated rings. The maximum Gasteiger partial charge on any atom is 0.252 e. The Morgan fingerprint density at radius 3 is 2.79 bits per heavy atom. The van der Waals surface area contributed by atoms with Crippen molar-refractivity contribution >= 4 is 17.1 Å². The molecule has 0 bridgehead atoms. The summed E-state index contributed by atoms with van der Waals surface area (Å²) in [5.41, 5.74) is 14.2. The normalized spacial score (nSPS) is 11.0. The van der Waals surface area contributed by atoms with Gasteiger partial charge in [0.1, 0.15) is 0 Å². The van der Waals surface area contributed by atoms with Crippen LogP contribution in [0.4, 0.5) is 5.69 Å². The summed E-state index contributed by atoms with van der Waals surface area (Å²) in [6, 6.07) is 3.74. The quantitative estimate of drug-likeness (QED) is 0.693. The number of carbonyl (C=O) groups excluding carboxylic acids is 1. The van der Waals surface area contributed by atoms with Crippen LogP contribution in [0.3, 0.4) is 0 Å². The SMILES string of the molecule is Cn1nccc1-c1cc2c(N)c(C(N)=O)cnn2c1. The van der Waals surface area contributed by atoms with Crippen molar-refractivity contribution in [1.82, 2.24) is 19.4 Å². The number of carbonyl (C=O) groups is 1. The molecular weight excluding hydrogens is 244 g/mol. The van der Waals surface area contributed by atoms with E-state index in [2.05, 4.69) is 10.2 Å². The molecule has 3 aromatic rings. The lowest BCUT2D eigenvalue weighted by atomic mass is 10.2. The number of primary amides is 1. The minimum absolute atomic E-state index is 0.224. The largest absolute Gasteiger partial charge is 0.396 e. The van der Waals surface area contributed by atoms with E-state index in [0.717, 1.165) is 11.3 Å². The average molecular weight is 256 g/mol. The van der Waals surface area contributed by atoms with Crippen LogP contribution in [0.5, 0.6) is 0 Å². The van der Waals surface area contributed by atoms with Gasteiger partial charge in [-0.1, -0.05) is 0 Å². The molecule has 96 valence electrons. The van der Waals surface area contributed by atoms with Gasteiger partial charge in [0, 0.05) is 25.0 Å². The molecule has 0 spiro atoms. The summed E-state index contributed by atoms with van der Waals surface area (Å²) in [7, 11) is 1.85. The number of amides is 1. The van der Waals surface area contributed by atoms with Crippen LogP contribution in [0.25, 0.3) is 16.8 Å². The average Bonchev–Trinajstić information content (AvgIpc) is 2.94. The first-order valence-corrected chi connectivity index (χ1v) is 5.63. The van der Waals surface area contributed by atoms with Crippen LogP contribution >= 0.6 is 0 Å². The fourth-order valence-corrected chi connectivity index (χ4v) is 2.07. The molecule has 19 heavy (non-hydrogen) atoms.